The van der Waals surface area contributed by atoms with Crippen molar-refractivity contribution in [1.29, 1.82) is 0 Å². The summed E-state index contributed by atoms with van der Waals surface area (Å²) in [7, 11) is 0. The first-order valence-electron chi connectivity index (χ1n) is 9.82. The Bertz CT molecular complexity index is 782. The molecule has 0 aliphatic carbocycles. The number of hydrogen-bond acceptors (Lipinski definition) is 4. The highest BCUT2D eigenvalue weighted by Gasteiger charge is 2.12. The third-order valence-corrected chi connectivity index (χ3v) is 4.69. The number of ether oxygens (including phenoxy) is 1. The van der Waals surface area contributed by atoms with E-state index in [0.717, 1.165) is 11.4 Å². The number of benzene rings is 2. The number of anilines is 2. The van der Waals surface area contributed by atoms with Crippen molar-refractivity contribution in [2.24, 2.45) is 0 Å². The molecule has 162 valence electrons. The van der Waals surface area contributed by atoms with E-state index in [1.807, 2.05) is 49.4 Å². The third-order valence-electron chi connectivity index (χ3n) is 4.35. The summed E-state index contributed by atoms with van der Waals surface area (Å²) in [4.78, 5) is 26.2. The molecule has 0 bridgehead atoms. The normalized spacial score (nSPS) is 11.4. The van der Waals surface area contributed by atoms with Gasteiger partial charge in [-0.05, 0) is 49.7 Å². The second-order valence-electron chi connectivity index (χ2n) is 6.75. The average molecular weight is 452 g/mol. The average Bonchev–Trinajstić information content (AvgIpc) is 2.73. The van der Waals surface area contributed by atoms with Crippen LogP contribution in [0.25, 0.3) is 0 Å². The van der Waals surface area contributed by atoms with Gasteiger partial charge in [-0.15, -0.1) is 23.2 Å². The topological polar surface area (TPSA) is 70.7 Å². The molecule has 2 aromatic carbocycles. The van der Waals surface area contributed by atoms with Gasteiger partial charge >= 0.3 is 6.09 Å². The van der Waals surface area contributed by atoms with Gasteiger partial charge in [0.05, 0.1) is 0 Å². The molecule has 0 aliphatic heterocycles. The number of carbonyl (C=O) groups is 2. The zero-order chi connectivity index (χ0) is 21.8. The lowest BCUT2D eigenvalue weighted by molar-refractivity contribution is -0.116. The monoisotopic (exact) mass is 451 g/mol. The minimum Gasteiger partial charge on any atom is -0.410 e. The van der Waals surface area contributed by atoms with Crippen LogP contribution in [0.5, 0.6) is 5.75 Å². The number of para-hydroxylation sites is 1. The summed E-state index contributed by atoms with van der Waals surface area (Å²) in [6.07, 6.45) is 0.234. The van der Waals surface area contributed by atoms with Crippen molar-refractivity contribution in [2.45, 2.75) is 25.8 Å². The molecule has 1 atom stereocenters. The number of hydrogen-bond donors (Lipinski definition) is 2. The van der Waals surface area contributed by atoms with Gasteiger partial charge < -0.3 is 20.3 Å². The van der Waals surface area contributed by atoms with E-state index in [1.165, 1.54) is 0 Å². The number of nitrogens with one attached hydrogen (secondary N) is 2. The molecule has 6 nitrogen and oxygen atoms in total. The maximum Gasteiger partial charge on any atom is 0.412 e. The number of amides is 2. The number of carbonyl (C=O) groups excluding carboxylic acids is 2. The molecule has 0 heterocycles. The minimum absolute atomic E-state index is 0.0998. The Hall–Kier alpha value is -2.44. The van der Waals surface area contributed by atoms with Gasteiger partial charge in [-0.25, -0.2) is 4.79 Å². The second-order valence-corrected chi connectivity index (χ2v) is 7.50. The van der Waals surface area contributed by atoms with Crippen LogP contribution in [-0.4, -0.2) is 42.9 Å². The second kappa shape index (κ2) is 13.0. The zero-order valence-electron chi connectivity index (χ0n) is 16.9. The lowest BCUT2D eigenvalue weighted by atomic mass is 10.2. The molecule has 1 unspecified atom stereocenters. The Labute approximate surface area is 187 Å². The van der Waals surface area contributed by atoms with Gasteiger partial charge in [0.1, 0.15) is 5.75 Å². The largest absolute Gasteiger partial charge is 0.412 e. The van der Waals surface area contributed by atoms with Crippen LogP contribution in [0.3, 0.4) is 0 Å². The molecule has 2 aromatic rings. The highest BCUT2D eigenvalue weighted by molar-refractivity contribution is 6.18. The summed E-state index contributed by atoms with van der Waals surface area (Å²) in [6, 6.07) is 16.2. The maximum absolute atomic E-state index is 12.1. The predicted molar refractivity (Wildman–Crippen MR) is 123 cm³/mol. The molecule has 0 fully saturated rings. The summed E-state index contributed by atoms with van der Waals surface area (Å²) in [5.41, 5.74) is 1.71. The van der Waals surface area contributed by atoms with Crippen LogP contribution in [0.4, 0.5) is 16.2 Å². The van der Waals surface area contributed by atoms with E-state index in [-0.39, 0.29) is 11.9 Å². The van der Waals surface area contributed by atoms with Crippen molar-refractivity contribution < 1.29 is 14.3 Å². The number of nitrogens with zero attached hydrogens (tertiary/aromatic N) is 1. The van der Waals surface area contributed by atoms with Crippen molar-refractivity contribution in [1.82, 2.24) is 5.32 Å². The summed E-state index contributed by atoms with van der Waals surface area (Å²) in [6.45, 7) is 3.20. The van der Waals surface area contributed by atoms with Crippen LogP contribution in [0.2, 0.25) is 0 Å². The van der Waals surface area contributed by atoms with Gasteiger partial charge in [0.25, 0.3) is 0 Å². The lowest BCUT2D eigenvalue weighted by Crippen LogP contribution is -2.35. The van der Waals surface area contributed by atoms with Crippen LogP contribution in [0.15, 0.2) is 54.6 Å². The van der Waals surface area contributed by atoms with E-state index < -0.39 is 6.09 Å². The van der Waals surface area contributed by atoms with Crippen LogP contribution < -0.4 is 20.3 Å². The van der Waals surface area contributed by atoms with Crippen molar-refractivity contribution in [3.05, 3.63) is 54.6 Å². The van der Waals surface area contributed by atoms with Gasteiger partial charge in [0.15, 0.2) is 0 Å². The minimum atomic E-state index is -0.558. The van der Waals surface area contributed by atoms with Crippen molar-refractivity contribution in [2.75, 3.05) is 35.1 Å². The summed E-state index contributed by atoms with van der Waals surface area (Å²) in [5.74, 6) is 1.33. The summed E-state index contributed by atoms with van der Waals surface area (Å²) < 4.78 is 5.32. The molecule has 0 saturated heterocycles. The Kier molecular flexibility index (Phi) is 10.3. The summed E-state index contributed by atoms with van der Waals surface area (Å²) in [5, 5.41) is 5.56. The molecule has 2 rings (SSSR count). The molecule has 8 heteroatoms. The molecular weight excluding hydrogens is 425 g/mol. The number of halogens is 2. The van der Waals surface area contributed by atoms with Crippen molar-refractivity contribution in [3.8, 4) is 5.75 Å². The van der Waals surface area contributed by atoms with Crippen LogP contribution in [0.1, 0.15) is 19.8 Å². The van der Waals surface area contributed by atoms with Crippen LogP contribution in [0, 0.1) is 0 Å². The van der Waals surface area contributed by atoms with Gasteiger partial charge in [-0.2, -0.15) is 0 Å². The van der Waals surface area contributed by atoms with E-state index in [2.05, 4.69) is 15.5 Å². The van der Waals surface area contributed by atoms with Crippen LogP contribution >= 0.6 is 23.2 Å². The van der Waals surface area contributed by atoms with E-state index in [0.29, 0.717) is 43.4 Å². The highest BCUT2D eigenvalue weighted by Crippen LogP contribution is 2.20. The Morgan fingerprint density at radius 2 is 1.63 bits per heavy atom. The molecule has 0 aromatic heterocycles. The molecular formula is C22H27Cl2N3O3. The quantitative estimate of drug-likeness (QED) is 0.478. The fraction of sp³-hybridized carbons (Fsp3) is 0.364. The molecule has 2 N–H and O–H groups in total. The lowest BCUT2D eigenvalue weighted by Gasteiger charge is -2.23. The Morgan fingerprint density at radius 1 is 1.00 bits per heavy atom. The maximum atomic E-state index is 12.1. The molecule has 0 saturated carbocycles. The smallest absolute Gasteiger partial charge is 0.410 e. The number of alkyl halides is 2. The fourth-order valence-corrected chi connectivity index (χ4v) is 3.21. The first-order chi connectivity index (χ1) is 14.5. The SMILES string of the molecule is CC(CCC(=O)Nc1ccccc1)NC(=O)Oc1ccc(N(CCCl)CCCl)cc1. The van der Waals surface area contributed by atoms with E-state index >= 15 is 0 Å². The predicted octanol–water partition coefficient (Wildman–Crippen LogP) is 4.87. The van der Waals surface area contributed by atoms with Gasteiger partial charge in [0.2, 0.25) is 5.91 Å². The molecule has 0 spiro atoms. The Balaban J connectivity index is 1.75. The Morgan fingerprint density at radius 3 is 2.23 bits per heavy atom. The zero-order valence-corrected chi connectivity index (χ0v) is 18.5. The molecule has 30 heavy (non-hydrogen) atoms. The van der Waals surface area contributed by atoms with Crippen molar-refractivity contribution >= 4 is 46.6 Å². The van der Waals surface area contributed by atoms with E-state index in [1.54, 1.807) is 12.1 Å². The molecule has 0 aliphatic rings. The number of rotatable bonds is 11. The van der Waals surface area contributed by atoms with Crippen LogP contribution in [-0.2, 0) is 4.79 Å². The third kappa shape index (κ3) is 8.51. The first-order valence-corrected chi connectivity index (χ1v) is 10.9. The van der Waals surface area contributed by atoms with E-state index in [9.17, 15) is 9.59 Å². The molecule has 0 radical (unpaired) electrons. The first kappa shape index (κ1) is 23.8. The summed E-state index contributed by atoms with van der Waals surface area (Å²) >= 11 is 11.7. The van der Waals surface area contributed by atoms with Gasteiger partial charge in [-0.1, -0.05) is 18.2 Å². The van der Waals surface area contributed by atoms with Gasteiger partial charge in [-0.3, -0.25) is 4.79 Å². The standard InChI is InChI=1S/C22H27Cl2N3O3/c1-17(7-12-21(28)26-18-5-3-2-4-6-18)25-22(29)30-20-10-8-19(9-11-20)27(15-13-23)16-14-24/h2-6,8-11,17H,7,12-16H2,1H3,(H,25,29)(H,26,28). The van der Waals surface area contributed by atoms with E-state index in [4.69, 9.17) is 27.9 Å². The van der Waals surface area contributed by atoms with Gasteiger partial charge in [0, 0.05) is 48.7 Å². The molecule has 2 amide bonds. The highest BCUT2D eigenvalue weighted by atomic mass is 35.5. The fourth-order valence-electron chi connectivity index (χ4n) is 2.80. The van der Waals surface area contributed by atoms with Crippen molar-refractivity contribution in [3.63, 3.8) is 0 Å².